The minimum atomic E-state index is -0.469. The molecule has 1 aromatic carbocycles. The molecule has 1 aromatic rings. The number of nitrogens with two attached hydrogens (primary N) is 1. The molecule has 1 amide bonds. The van der Waals surface area contributed by atoms with E-state index in [-0.39, 0.29) is 0 Å². The number of hydroxylamine groups is 1. The molecule has 4 nitrogen and oxygen atoms in total. The van der Waals surface area contributed by atoms with Gasteiger partial charge in [0.25, 0.3) is 5.91 Å². The Morgan fingerprint density at radius 1 is 1.38 bits per heavy atom. The van der Waals surface area contributed by atoms with Crippen molar-refractivity contribution in [2.24, 2.45) is 5.73 Å². The van der Waals surface area contributed by atoms with Crippen molar-refractivity contribution in [3.05, 3.63) is 36.0 Å². The molecule has 0 fully saturated rings. The average Bonchev–Trinajstić information content (AvgIpc) is 2.17. The number of carbonyl (C=O) groups is 1. The molecule has 1 aliphatic rings. The summed E-state index contributed by atoms with van der Waals surface area (Å²) in [7, 11) is 0. The van der Waals surface area contributed by atoms with Crippen LogP contribution in [0.1, 0.15) is 5.56 Å². The lowest BCUT2D eigenvalue weighted by Crippen LogP contribution is -2.23. The summed E-state index contributed by atoms with van der Waals surface area (Å²) in [6, 6.07) is 7.19. The van der Waals surface area contributed by atoms with Crippen molar-refractivity contribution in [3.8, 4) is 5.75 Å². The number of primary amides is 1. The number of para-hydroxylation sites is 1. The van der Waals surface area contributed by atoms with E-state index in [9.17, 15) is 4.79 Å². The zero-order valence-electron chi connectivity index (χ0n) is 6.78. The Hall–Kier alpha value is -1.97. The van der Waals surface area contributed by atoms with Gasteiger partial charge >= 0.3 is 0 Å². The smallest absolute Gasteiger partial charge is 0.251 e. The van der Waals surface area contributed by atoms with Gasteiger partial charge in [-0.15, -0.1) is 0 Å². The van der Waals surface area contributed by atoms with Gasteiger partial charge in [0.2, 0.25) is 0 Å². The van der Waals surface area contributed by atoms with Gasteiger partial charge in [0.1, 0.15) is 0 Å². The summed E-state index contributed by atoms with van der Waals surface area (Å²) in [5.41, 5.74) is 8.84. The molecule has 4 heteroatoms. The van der Waals surface area contributed by atoms with Crippen molar-refractivity contribution in [2.45, 2.75) is 0 Å². The van der Waals surface area contributed by atoms with Gasteiger partial charge in [0.05, 0.1) is 5.57 Å². The van der Waals surface area contributed by atoms with Gasteiger partial charge in [-0.25, -0.2) is 5.48 Å². The maximum Gasteiger partial charge on any atom is 0.251 e. The Kier molecular flexibility index (Phi) is 1.66. The second-order valence-electron chi connectivity index (χ2n) is 2.64. The van der Waals surface area contributed by atoms with E-state index in [1.165, 1.54) is 6.20 Å². The van der Waals surface area contributed by atoms with Gasteiger partial charge in [-0.2, -0.15) is 0 Å². The van der Waals surface area contributed by atoms with Crippen LogP contribution in [0, 0.1) is 0 Å². The largest absolute Gasteiger partial charge is 0.382 e. The molecule has 0 saturated heterocycles. The molecule has 66 valence electrons. The first-order valence-corrected chi connectivity index (χ1v) is 3.81. The fourth-order valence-electron chi connectivity index (χ4n) is 1.21. The zero-order valence-corrected chi connectivity index (χ0v) is 6.78. The minimum Gasteiger partial charge on any atom is -0.382 e. The molecule has 3 N–H and O–H groups in total. The van der Waals surface area contributed by atoms with Crippen LogP contribution in [0.2, 0.25) is 0 Å². The fourth-order valence-corrected chi connectivity index (χ4v) is 1.21. The summed E-state index contributed by atoms with van der Waals surface area (Å²) in [5, 5.41) is 0. The molecule has 0 spiro atoms. The average molecular weight is 176 g/mol. The highest BCUT2D eigenvalue weighted by Gasteiger charge is 2.16. The van der Waals surface area contributed by atoms with Gasteiger partial charge in [-0.1, -0.05) is 18.2 Å². The number of carbonyl (C=O) groups excluding carboxylic acids is 1. The van der Waals surface area contributed by atoms with Crippen molar-refractivity contribution < 1.29 is 9.63 Å². The number of amides is 1. The van der Waals surface area contributed by atoms with Crippen LogP contribution in [0.4, 0.5) is 0 Å². The van der Waals surface area contributed by atoms with Gasteiger partial charge in [0.15, 0.2) is 5.75 Å². The molecule has 1 aliphatic heterocycles. The van der Waals surface area contributed by atoms with Crippen molar-refractivity contribution >= 4 is 11.5 Å². The van der Waals surface area contributed by atoms with Crippen LogP contribution in [0.15, 0.2) is 30.5 Å². The Morgan fingerprint density at radius 2 is 2.15 bits per heavy atom. The summed E-state index contributed by atoms with van der Waals surface area (Å²) in [4.78, 5) is 16.0. The van der Waals surface area contributed by atoms with Crippen LogP contribution >= 0.6 is 0 Å². The molecular weight excluding hydrogens is 168 g/mol. The Bertz CT molecular complexity index is 385. The predicted octanol–water partition coefficient (Wildman–Crippen LogP) is 0.410. The molecule has 2 rings (SSSR count). The highest BCUT2D eigenvalue weighted by Crippen LogP contribution is 2.27. The second kappa shape index (κ2) is 2.82. The third-order valence-electron chi connectivity index (χ3n) is 1.81. The van der Waals surface area contributed by atoms with Gasteiger partial charge in [-0.05, 0) is 6.07 Å². The molecule has 1 heterocycles. The van der Waals surface area contributed by atoms with Gasteiger partial charge < -0.3 is 10.6 Å². The monoisotopic (exact) mass is 176 g/mol. The summed E-state index contributed by atoms with van der Waals surface area (Å²) in [5.74, 6) is 0.141. The first-order valence-electron chi connectivity index (χ1n) is 3.81. The lowest BCUT2D eigenvalue weighted by molar-refractivity contribution is -0.112. The third-order valence-corrected chi connectivity index (χ3v) is 1.81. The lowest BCUT2D eigenvalue weighted by Gasteiger charge is -2.16. The molecule has 0 radical (unpaired) electrons. The van der Waals surface area contributed by atoms with E-state index >= 15 is 0 Å². The molecule has 13 heavy (non-hydrogen) atoms. The standard InChI is InChI=1S/C9H8N2O2/c10-9(12)7-5-11-13-8-4-2-1-3-6(7)8/h1-5,11H,(H2,10,12). The van der Waals surface area contributed by atoms with Crippen LogP contribution in [0.25, 0.3) is 5.57 Å². The first kappa shape index (κ1) is 7.67. The number of benzene rings is 1. The SMILES string of the molecule is NC(=O)C1=CNOc2ccccc21. The molecule has 0 saturated carbocycles. The maximum absolute atomic E-state index is 11.0. The Balaban J connectivity index is 2.53. The van der Waals surface area contributed by atoms with Crippen LogP contribution in [-0.2, 0) is 4.79 Å². The molecule has 0 atom stereocenters. The number of nitrogens with one attached hydrogen (secondary N) is 1. The van der Waals surface area contributed by atoms with Crippen LogP contribution in [0.3, 0.4) is 0 Å². The normalized spacial score (nSPS) is 13.4. The highest BCUT2D eigenvalue weighted by molar-refractivity contribution is 6.19. The fraction of sp³-hybridized carbons (Fsp3) is 0. The van der Waals surface area contributed by atoms with E-state index in [2.05, 4.69) is 5.48 Å². The molecule has 0 aromatic heterocycles. The van der Waals surface area contributed by atoms with E-state index in [0.717, 1.165) is 0 Å². The number of fused-ring (bicyclic) bond motifs is 1. The van der Waals surface area contributed by atoms with Crippen LogP contribution in [0.5, 0.6) is 5.75 Å². The summed E-state index contributed by atoms with van der Waals surface area (Å²) in [6.07, 6.45) is 1.45. The van der Waals surface area contributed by atoms with E-state index in [4.69, 9.17) is 10.6 Å². The summed E-state index contributed by atoms with van der Waals surface area (Å²) < 4.78 is 0. The Morgan fingerprint density at radius 3 is 2.92 bits per heavy atom. The lowest BCUT2D eigenvalue weighted by atomic mass is 10.1. The zero-order chi connectivity index (χ0) is 9.26. The molecule has 0 bridgehead atoms. The van der Waals surface area contributed by atoms with Gasteiger partial charge in [-0.3, -0.25) is 4.79 Å². The van der Waals surface area contributed by atoms with E-state index < -0.39 is 5.91 Å². The van der Waals surface area contributed by atoms with Crippen molar-refractivity contribution in [3.63, 3.8) is 0 Å². The Labute approximate surface area is 74.9 Å². The summed E-state index contributed by atoms with van der Waals surface area (Å²) in [6.45, 7) is 0. The van der Waals surface area contributed by atoms with Crippen molar-refractivity contribution in [1.82, 2.24) is 5.48 Å². The minimum absolute atomic E-state index is 0.432. The quantitative estimate of drug-likeness (QED) is 0.651. The number of hydrogen-bond acceptors (Lipinski definition) is 3. The van der Waals surface area contributed by atoms with Crippen molar-refractivity contribution in [2.75, 3.05) is 0 Å². The van der Waals surface area contributed by atoms with Crippen LogP contribution in [-0.4, -0.2) is 5.91 Å². The topological polar surface area (TPSA) is 64.4 Å². The van der Waals surface area contributed by atoms with Crippen molar-refractivity contribution in [1.29, 1.82) is 0 Å². The second-order valence-corrected chi connectivity index (χ2v) is 2.64. The summed E-state index contributed by atoms with van der Waals surface area (Å²) >= 11 is 0. The predicted molar refractivity (Wildman–Crippen MR) is 47.4 cm³/mol. The third kappa shape index (κ3) is 1.22. The number of rotatable bonds is 1. The molecule has 0 aliphatic carbocycles. The van der Waals surface area contributed by atoms with E-state index in [1.807, 2.05) is 12.1 Å². The maximum atomic E-state index is 11.0. The first-order chi connectivity index (χ1) is 6.29. The van der Waals surface area contributed by atoms with Gasteiger partial charge in [0, 0.05) is 11.8 Å². The molecule has 0 unspecified atom stereocenters. The molecular formula is C9H8N2O2. The highest BCUT2D eigenvalue weighted by atomic mass is 16.6. The van der Waals surface area contributed by atoms with Crippen LogP contribution < -0.4 is 16.1 Å². The number of hydrogen-bond donors (Lipinski definition) is 2. The van der Waals surface area contributed by atoms with E-state index in [1.54, 1.807) is 12.1 Å². The van der Waals surface area contributed by atoms with E-state index in [0.29, 0.717) is 16.9 Å².